The van der Waals surface area contributed by atoms with Crippen LogP contribution >= 0.6 is 0 Å². The van der Waals surface area contributed by atoms with Crippen molar-refractivity contribution in [1.82, 2.24) is 4.98 Å². The van der Waals surface area contributed by atoms with Crippen molar-refractivity contribution in [2.75, 3.05) is 25.7 Å². The number of carbonyl (C=O) groups is 1. The van der Waals surface area contributed by atoms with E-state index in [-0.39, 0.29) is 11.7 Å². The number of benzene rings is 2. The molecule has 178 valence electrons. The van der Waals surface area contributed by atoms with Gasteiger partial charge in [0.15, 0.2) is 0 Å². The molecule has 0 amide bonds. The number of aryl methyl sites for hydroxylation is 1. The average Bonchev–Trinajstić information content (AvgIpc) is 2.86. The summed E-state index contributed by atoms with van der Waals surface area (Å²) in [5.41, 5.74) is 4.31. The van der Waals surface area contributed by atoms with Gasteiger partial charge < -0.3 is 19.1 Å². The first kappa shape index (κ1) is 23.5. The van der Waals surface area contributed by atoms with Crippen LogP contribution in [0.1, 0.15) is 40.2 Å². The second-order valence-corrected chi connectivity index (χ2v) is 8.05. The van der Waals surface area contributed by atoms with E-state index in [0.717, 1.165) is 41.1 Å². The van der Waals surface area contributed by atoms with E-state index in [1.807, 2.05) is 24.1 Å². The quantitative estimate of drug-likeness (QED) is 0.393. The van der Waals surface area contributed by atoms with Crippen LogP contribution in [0.25, 0.3) is 0 Å². The molecule has 34 heavy (non-hydrogen) atoms. The van der Waals surface area contributed by atoms with Gasteiger partial charge in [-0.2, -0.15) is 8.78 Å². The molecule has 0 unspecified atom stereocenters. The standard InChI is InChI=1S/C26H26F2N2O4/c1-30(19-5-8-21(9-6-19)34-26(27)28)20-7-10-22-17(12-14-33-24(22)15-20)3-4-18-16-29-13-11-23(18)25(31)32-2/h5-11,13,15-17,26H,3-4,12,14H2,1-2H3/t17-/m1/s1. The lowest BCUT2D eigenvalue weighted by Crippen LogP contribution is -2.17. The van der Waals surface area contributed by atoms with Crippen LogP contribution in [0.15, 0.2) is 60.9 Å². The lowest BCUT2D eigenvalue weighted by Gasteiger charge is -2.28. The first-order valence-electron chi connectivity index (χ1n) is 11.0. The van der Waals surface area contributed by atoms with Gasteiger partial charge in [0.25, 0.3) is 0 Å². The minimum absolute atomic E-state index is 0.118. The molecule has 1 atom stereocenters. The number of halogens is 2. The van der Waals surface area contributed by atoms with Crippen LogP contribution in [0.5, 0.6) is 11.5 Å². The summed E-state index contributed by atoms with van der Waals surface area (Å²) < 4.78 is 40.0. The Kier molecular flexibility index (Phi) is 7.25. The molecule has 0 fully saturated rings. The van der Waals surface area contributed by atoms with E-state index in [0.29, 0.717) is 24.5 Å². The summed E-state index contributed by atoms with van der Waals surface area (Å²) >= 11 is 0. The number of ether oxygens (including phenoxy) is 3. The van der Waals surface area contributed by atoms with Crippen molar-refractivity contribution in [2.45, 2.75) is 31.8 Å². The SMILES string of the molecule is COC(=O)c1ccncc1CC[C@@H]1CCOc2cc(N(C)c3ccc(OC(F)F)cc3)ccc21. The third kappa shape index (κ3) is 5.27. The summed E-state index contributed by atoms with van der Waals surface area (Å²) in [6.45, 7) is -2.24. The Morgan fingerprint density at radius 1 is 1.18 bits per heavy atom. The van der Waals surface area contributed by atoms with Crippen LogP contribution in [0.2, 0.25) is 0 Å². The van der Waals surface area contributed by atoms with Crippen molar-refractivity contribution in [2.24, 2.45) is 0 Å². The topological polar surface area (TPSA) is 60.9 Å². The fourth-order valence-electron chi connectivity index (χ4n) is 4.23. The van der Waals surface area contributed by atoms with E-state index >= 15 is 0 Å². The maximum Gasteiger partial charge on any atom is 0.387 e. The second kappa shape index (κ2) is 10.5. The molecule has 1 aliphatic rings. The molecule has 1 aliphatic heterocycles. The molecule has 0 bridgehead atoms. The summed E-state index contributed by atoms with van der Waals surface area (Å²) in [7, 11) is 3.28. The number of rotatable bonds is 8. The van der Waals surface area contributed by atoms with E-state index in [1.165, 1.54) is 19.2 Å². The van der Waals surface area contributed by atoms with Crippen molar-refractivity contribution in [3.63, 3.8) is 0 Å². The third-order valence-corrected chi connectivity index (χ3v) is 6.07. The molecule has 2 heterocycles. The van der Waals surface area contributed by atoms with Crippen LogP contribution in [0.3, 0.4) is 0 Å². The first-order valence-corrected chi connectivity index (χ1v) is 11.0. The predicted octanol–water partition coefficient (Wildman–Crippen LogP) is 5.74. The number of nitrogens with zero attached hydrogens (tertiary/aromatic N) is 2. The minimum atomic E-state index is -2.85. The highest BCUT2D eigenvalue weighted by Crippen LogP contribution is 2.40. The van der Waals surface area contributed by atoms with Gasteiger partial charge in [0.1, 0.15) is 11.5 Å². The molecule has 0 N–H and O–H groups in total. The Bertz CT molecular complexity index is 1140. The molecule has 2 aromatic carbocycles. The van der Waals surface area contributed by atoms with Gasteiger partial charge >= 0.3 is 12.6 Å². The van der Waals surface area contributed by atoms with Gasteiger partial charge in [0, 0.05) is 36.9 Å². The van der Waals surface area contributed by atoms with Crippen LogP contribution in [0.4, 0.5) is 20.2 Å². The number of alkyl halides is 2. The van der Waals surface area contributed by atoms with Gasteiger partial charge in [-0.05, 0) is 72.7 Å². The zero-order chi connectivity index (χ0) is 24.1. The van der Waals surface area contributed by atoms with E-state index in [1.54, 1.807) is 30.6 Å². The summed E-state index contributed by atoms with van der Waals surface area (Å²) in [5, 5.41) is 0. The van der Waals surface area contributed by atoms with Gasteiger partial charge in [-0.25, -0.2) is 4.79 Å². The molecule has 0 saturated carbocycles. The molecule has 4 rings (SSSR count). The summed E-state index contributed by atoms with van der Waals surface area (Å²) in [6, 6.07) is 14.3. The van der Waals surface area contributed by atoms with Crippen LogP contribution in [0, 0.1) is 0 Å². The molecule has 0 spiro atoms. The zero-order valence-corrected chi connectivity index (χ0v) is 19.0. The molecule has 0 radical (unpaired) electrons. The van der Waals surface area contributed by atoms with Crippen molar-refractivity contribution in [3.05, 3.63) is 77.6 Å². The van der Waals surface area contributed by atoms with Crippen molar-refractivity contribution in [1.29, 1.82) is 0 Å². The number of aromatic nitrogens is 1. The van der Waals surface area contributed by atoms with E-state index in [4.69, 9.17) is 9.47 Å². The fourth-order valence-corrected chi connectivity index (χ4v) is 4.23. The maximum atomic E-state index is 12.4. The van der Waals surface area contributed by atoms with E-state index < -0.39 is 6.61 Å². The number of carbonyl (C=O) groups excluding carboxylic acids is 1. The molecule has 8 heteroatoms. The molecular formula is C26H26F2N2O4. The number of methoxy groups -OCH3 is 1. The number of esters is 1. The van der Waals surface area contributed by atoms with Crippen molar-refractivity contribution < 1.29 is 27.8 Å². The van der Waals surface area contributed by atoms with Crippen molar-refractivity contribution in [3.8, 4) is 11.5 Å². The fraction of sp³-hybridized carbons (Fsp3) is 0.308. The summed E-state index contributed by atoms with van der Waals surface area (Å²) in [6.07, 6.45) is 5.77. The zero-order valence-electron chi connectivity index (χ0n) is 19.0. The van der Waals surface area contributed by atoms with Gasteiger partial charge in [-0.1, -0.05) is 6.07 Å². The second-order valence-electron chi connectivity index (χ2n) is 8.05. The molecular weight excluding hydrogens is 442 g/mol. The van der Waals surface area contributed by atoms with Gasteiger partial charge in [-0.3, -0.25) is 4.98 Å². The smallest absolute Gasteiger partial charge is 0.387 e. The third-order valence-electron chi connectivity index (χ3n) is 6.07. The number of hydrogen-bond donors (Lipinski definition) is 0. The highest BCUT2D eigenvalue weighted by molar-refractivity contribution is 5.90. The van der Waals surface area contributed by atoms with Gasteiger partial charge in [0.2, 0.25) is 0 Å². The number of fused-ring (bicyclic) bond motifs is 1. The minimum Gasteiger partial charge on any atom is -0.493 e. The molecule has 3 aromatic rings. The molecule has 6 nitrogen and oxygen atoms in total. The number of pyridine rings is 1. The Hall–Kier alpha value is -3.68. The van der Waals surface area contributed by atoms with E-state index in [9.17, 15) is 13.6 Å². The Labute approximate surface area is 197 Å². The van der Waals surface area contributed by atoms with Crippen molar-refractivity contribution >= 4 is 17.3 Å². The Morgan fingerprint density at radius 2 is 1.94 bits per heavy atom. The summed E-state index contributed by atoms with van der Waals surface area (Å²) in [5.74, 6) is 0.885. The number of anilines is 2. The normalized spacial score (nSPS) is 14.8. The Morgan fingerprint density at radius 3 is 2.68 bits per heavy atom. The largest absolute Gasteiger partial charge is 0.493 e. The van der Waals surface area contributed by atoms with Gasteiger partial charge in [-0.15, -0.1) is 0 Å². The number of hydrogen-bond acceptors (Lipinski definition) is 6. The van der Waals surface area contributed by atoms with Crippen LogP contribution in [-0.2, 0) is 11.2 Å². The van der Waals surface area contributed by atoms with E-state index in [2.05, 4.69) is 15.8 Å². The van der Waals surface area contributed by atoms with Crippen LogP contribution < -0.4 is 14.4 Å². The van der Waals surface area contributed by atoms with Crippen LogP contribution in [-0.4, -0.2) is 38.3 Å². The lowest BCUT2D eigenvalue weighted by molar-refractivity contribution is -0.0498. The van der Waals surface area contributed by atoms with Gasteiger partial charge in [0.05, 0.1) is 19.3 Å². The maximum absolute atomic E-state index is 12.4. The highest BCUT2D eigenvalue weighted by atomic mass is 19.3. The summed E-state index contributed by atoms with van der Waals surface area (Å²) in [4.78, 5) is 18.2. The molecule has 0 aliphatic carbocycles. The molecule has 1 aromatic heterocycles. The lowest BCUT2D eigenvalue weighted by atomic mass is 9.87. The highest BCUT2D eigenvalue weighted by Gasteiger charge is 2.23. The average molecular weight is 469 g/mol. The monoisotopic (exact) mass is 468 g/mol. The Balaban J connectivity index is 1.48. The molecule has 0 saturated heterocycles. The first-order chi connectivity index (χ1) is 16.5. The predicted molar refractivity (Wildman–Crippen MR) is 124 cm³/mol.